The molecule has 0 aromatic heterocycles. The molecule has 3 nitrogen and oxygen atoms in total. The van der Waals surface area contributed by atoms with Crippen LogP contribution in [0.15, 0.2) is 18.2 Å². The summed E-state index contributed by atoms with van der Waals surface area (Å²) in [6, 6.07) is 3.41. The number of rotatable bonds is 5. The highest BCUT2D eigenvalue weighted by Gasteiger charge is 2.14. The molecule has 0 spiro atoms. The molecule has 0 saturated heterocycles. The zero-order valence-corrected chi connectivity index (χ0v) is 10.3. The van der Waals surface area contributed by atoms with Gasteiger partial charge in [0.2, 0.25) is 5.91 Å². The van der Waals surface area contributed by atoms with Crippen LogP contribution in [0.1, 0.15) is 19.4 Å². The Kier molecular flexibility index (Phi) is 4.95. The number of hydrogen-bond donors (Lipinski definition) is 1. The molecule has 0 aliphatic carbocycles. The maximum atomic E-state index is 13.3. The Morgan fingerprint density at radius 3 is 2.28 bits per heavy atom. The molecule has 98 valence electrons. The third kappa shape index (κ3) is 3.91. The van der Waals surface area contributed by atoms with Crippen molar-refractivity contribution in [1.29, 1.82) is 0 Å². The number of amides is 1. The summed E-state index contributed by atoms with van der Waals surface area (Å²) in [6.45, 7) is 3.31. The standard InChI is InChI=1S/C13H15F2NO2/c1-8(2)12(17)7-16-13(18)6-9-10(14)4-3-5-11(9)15/h3-5,8H,6-7H2,1-2H3,(H,16,18). The first-order valence-electron chi connectivity index (χ1n) is 5.64. The average Bonchev–Trinajstić information content (AvgIpc) is 2.30. The van der Waals surface area contributed by atoms with Crippen LogP contribution in [-0.2, 0) is 16.0 Å². The third-order valence-corrected chi connectivity index (χ3v) is 2.50. The summed E-state index contributed by atoms with van der Waals surface area (Å²) in [5.74, 6) is -2.42. The topological polar surface area (TPSA) is 46.2 Å². The van der Waals surface area contributed by atoms with E-state index in [9.17, 15) is 18.4 Å². The molecule has 0 unspecified atom stereocenters. The first-order valence-corrected chi connectivity index (χ1v) is 5.64. The van der Waals surface area contributed by atoms with E-state index in [-0.39, 0.29) is 23.8 Å². The van der Waals surface area contributed by atoms with Crippen LogP contribution in [0.4, 0.5) is 8.78 Å². The molecule has 0 heterocycles. The predicted octanol–water partition coefficient (Wildman–Crippen LogP) is 1.85. The lowest BCUT2D eigenvalue weighted by molar-refractivity contribution is -0.126. The van der Waals surface area contributed by atoms with Gasteiger partial charge in [-0.1, -0.05) is 19.9 Å². The van der Waals surface area contributed by atoms with Gasteiger partial charge in [0, 0.05) is 11.5 Å². The quantitative estimate of drug-likeness (QED) is 0.872. The van der Waals surface area contributed by atoms with E-state index in [0.717, 1.165) is 12.1 Å². The number of benzene rings is 1. The van der Waals surface area contributed by atoms with Gasteiger partial charge in [-0.2, -0.15) is 0 Å². The lowest BCUT2D eigenvalue weighted by Gasteiger charge is -2.07. The Labute approximate surface area is 104 Å². The predicted molar refractivity (Wildman–Crippen MR) is 62.9 cm³/mol. The lowest BCUT2D eigenvalue weighted by Crippen LogP contribution is -2.32. The summed E-state index contributed by atoms with van der Waals surface area (Å²) in [7, 11) is 0. The molecular weight excluding hydrogens is 240 g/mol. The van der Waals surface area contributed by atoms with Crippen LogP contribution < -0.4 is 5.32 Å². The monoisotopic (exact) mass is 255 g/mol. The van der Waals surface area contributed by atoms with E-state index in [1.165, 1.54) is 6.07 Å². The summed E-state index contributed by atoms with van der Waals surface area (Å²) in [5.41, 5.74) is -0.285. The van der Waals surface area contributed by atoms with Gasteiger partial charge in [-0.25, -0.2) is 8.78 Å². The maximum Gasteiger partial charge on any atom is 0.225 e. The van der Waals surface area contributed by atoms with Crippen LogP contribution in [0.2, 0.25) is 0 Å². The van der Waals surface area contributed by atoms with Gasteiger partial charge in [-0.3, -0.25) is 9.59 Å². The second kappa shape index (κ2) is 6.23. The van der Waals surface area contributed by atoms with Gasteiger partial charge in [-0.05, 0) is 12.1 Å². The van der Waals surface area contributed by atoms with E-state index in [1.54, 1.807) is 13.8 Å². The minimum absolute atomic E-state index is 0.118. The number of Topliss-reactive ketones (excluding diaryl/α,β-unsaturated/α-hetero) is 1. The Bertz CT molecular complexity index is 438. The highest BCUT2D eigenvalue weighted by molar-refractivity contribution is 5.87. The van der Waals surface area contributed by atoms with Crippen molar-refractivity contribution in [3.63, 3.8) is 0 Å². The van der Waals surface area contributed by atoms with Gasteiger partial charge in [0.25, 0.3) is 0 Å². The van der Waals surface area contributed by atoms with Gasteiger partial charge >= 0.3 is 0 Å². The molecule has 1 aromatic rings. The molecule has 18 heavy (non-hydrogen) atoms. The summed E-state index contributed by atoms with van der Waals surface area (Å²) in [5, 5.41) is 2.34. The highest BCUT2D eigenvalue weighted by Crippen LogP contribution is 2.12. The average molecular weight is 255 g/mol. The van der Waals surface area contributed by atoms with E-state index < -0.39 is 24.0 Å². The zero-order valence-electron chi connectivity index (χ0n) is 10.3. The van der Waals surface area contributed by atoms with Gasteiger partial charge in [-0.15, -0.1) is 0 Å². The number of nitrogens with one attached hydrogen (secondary N) is 1. The van der Waals surface area contributed by atoms with Gasteiger partial charge < -0.3 is 5.32 Å². The smallest absolute Gasteiger partial charge is 0.225 e. The summed E-state index contributed by atoms with van der Waals surface area (Å²) in [6.07, 6.45) is -0.413. The molecule has 0 saturated carbocycles. The third-order valence-electron chi connectivity index (χ3n) is 2.50. The van der Waals surface area contributed by atoms with Crippen LogP contribution in [-0.4, -0.2) is 18.2 Å². The van der Waals surface area contributed by atoms with Crippen molar-refractivity contribution in [3.05, 3.63) is 35.4 Å². The minimum Gasteiger partial charge on any atom is -0.349 e. The van der Waals surface area contributed by atoms with Crippen molar-refractivity contribution in [3.8, 4) is 0 Å². The van der Waals surface area contributed by atoms with Crippen molar-refractivity contribution >= 4 is 11.7 Å². The molecule has 5 heteroatoms. The first kappa shape index (κ1) is 14.3. The van der Waals surface area contributed by atoms with E-state index in [4.69, 9.17) is 0 Å². The number of ketones is 1. The Morgan fingerprint density at radius 2 is 1.78 bits per heavy atom. The van der Waals surface area contributed by atoms with Crippen LogP contribution >= 0.6 is 0 Å². The SMILES string of the molecule is CC(C)C(=O)CNC(=O)Cc1c(F)cccc1F. The fraction of sp³-hybridized carbons (Fsp3) is 0.385. The van der Waals surface area contributed by atoms with Gasteiger partial charge in [0.15, 0.2) is 5.78 Å². The minimum atomic E-state index is -0.764. The Balaban J connectivity index is 2.58. The number of carbonyl (C=O) groups is 2. The van der Waals surface area contributed by atoms with Crippen LogP contribution in [0, 0.1) is 17.6 Å². The molecule has 0 fully saturated rings. The first-order chi connectivity index (χ1) is 8.41. The summed E-state index contributed by atoms with van der Waals surface area (Å²) < 4.78 is 26.5. The van der Waals surface area contributed by atoms with E-state index in [2.05, 4.69) is 5.32 Å². The molecule has 0 atom stereocenters. The van der Waals surface area contributed by atoms with E-state index >= 15 is 0 Å². The fourth-order valence-electron chi connectivity index (χ4n) is 1.31. The van der Waals surface area contributed by atoms with E-state index in [1.807, 2.05) is 0 Å². The van der Waals surface area contributed by atoms with Gasteiger partial charge in [0.1, 0.15) is 11.6 Å². The summed E-state index contributed by atoms with van der Waals surface area (Å²) >= 11 is 0. The molecule has 1 N–H and O–H groups in total. The van der Waals surface area contributed by atoms with Crippen LogP contribution in [0.3, 0.4) is 0 Å². The second-order valence-electron chi connectivity index (χ2n) is 4.27. The largest absolute Gasteiger partial charge is 0.349 e. The molecular formula is C13H15F2NO2. The van der Waals surface area contributed by atoms with Crippen LogP contribution in [0.25, 0.3) is 0 Å². The highest BCUT2D eigenvalue weighted by atomic mass is 19.1. The second-order valence-corrected chi connectivity index (χ2v) is 4.27. The molecule has 0 aliphatic heterocycles. The van der Waals surface area contributed by atoms with Crippen molar-refractivity contribution < 1.29 is 18.4 Å². The fourth-order valence-corrected chi connectivity index (χ4v) is 1.31. The zero-order chi connectivity index (χ0) is 13.7. The van der Waals surface area contributed by atoms with Crippen molar-refractivity contribution in [1.82, 2.24) is 5.32 Å². The number of carbonyl (C=O) groups excluding carboxylic acids is 2. The normalized spacial score (nSPS) is 10.5. The molecule has 0 aliphatic rings. The number of halogens is 2. The maximum absolute atomic E-state index is 13.3. The van der Waals surface area contributed by atoms with Crippen molar-refractivity contribution in [2.24, 2.45) is 5.92 Å². The number of hydrogen-bond acceptors (Lipinski definition) is 2. The molecule has 1 aromatic carbocycles. The molecule has 0 bridgehead atoms. The molecule has 1 amide bonds. The molecule has 1 rings (SSSR count). The Morgan fingerprint density at radius 1 is 1.22 bits per heavy atom. The van der Waals surface area contributed by atoms with Crippen molar-refractivity contribution in [2.75, 3.05) is 6.54 Å². The van der Waals surface area contributed by atoms with E-state index in [0.29, 0.717) is 0 Å². The lowest BCUT2D eigenvalue weighted by atomic mass is 10.1. The molecule has 0 radical (unpaired) electrons. The van der Waals surface area contributed by atoms with Crippen LogP contribution in [0.5, 0.6) is 0 Å². The Hall–Kier alpha value is -1.78. The van der Waals surface area contributed by atoms with Crippen molar-refractivity contribution in [2.45, 2.75) is 20.3 Å². The summed E-state index contributed by atoms with van der Waals surface area (Å²) in [4.78, 5) is 22.7. The van der Waals surface area contributed by atoms with Gasteiger partial charge in [0.05, 0.1) is 13.0 Å².